The molecule has 4 rings (SSSR count). The fraction of sp³-hybridized carbons (Fsp3) is 0.167. The molecule has 0 aliphatic heterocycles. The number of benzene rings is 2. The Hall–Kier alpha value is -3.60. The highest BCUT2D eigenvalue weighted by atomic mass is 16.5. The summed E-state index contributed by atoms with van der Waals surface area (Å²) < 4.78 is 5.51. The highest BCUT2D eigenvalue weighted by Crippen LogP contribution is 2.44. The highest BCUT2D eigenvalue weighted by Gasteiger charge is 2.28. The predicted molar refractivity (Wildman–Crippen MR) is 115 cm³/mol. The van der Waals surface area contributed by atoms with Crippen molar-refractivity contribution in [2.24, 2.45) is 0 Å². The van der Waals surface area contributed by atoms with Crippen molar-refractivity contribution >= 4 is 17.9 Å². The Kier molecular flexibility index (Phi) is 5.29. The maximum atomic E-state index is 12.1. The van der Waals surface area contributed by atoms with E-state index in [1.807, 2.05) is 43.3 Å². The molecule has 0 fully saturated rings. The van der Waals surface area contributed by atoms with Crippen LogP contribution < -0.4 is 11.1 Å². The quantitative estimate of drug-likeness (QED) is 0.677. The van der Waals surface area contributed by atoms with Crippen LogP contribution in [0.1, 0.15) is 28.4 Å². The summed E-state index contributed by atoms with van der Waals surface area (Å²) in [7, 11) is 0. The van der Waals surface area contributed by atoms with Gasteiger partial charge in [-0.1, -0.05) is 54.6 Å². The number of ether oxygens (including phenoxy) is 1. The lowest BCUT2D eigenvalue weighted by Crippen LogP contribution is -2.26. The average Bonchev–Trinajstić information content (AvgIpc) is 3.06. The number of pyridine rings is 1. The van der Waals surface area contributed by atoms with Crippen LogP contribution in [0, 0.1) is 6.92 Å². The third-order valence-corrected chi connectivity index (χ3v) is 5.08. The SMILES string of the molecule is Cc1ccc(N)c(C=CCNC(=O)OCC2c3ccccc3-c3ccccc32)n1. The van der Waals surface area contributed by atoms with Crippen molar-refractivity contribution in [3.8, 4) is 11.1 Å². The number of amides is 1. The molecule has 1 heterocycles. The second-order valence-corrected chi connectivity index (χ2v) is 7.04. The zero-order valence-corrected chi connectivity index (χ0v) is 16.3. The zero-order chi connectivity index (χ0) is 20.2. The monoisotopic (exact) mass is 385 g/mol. The van der Waals surface area contributed by atoms with Crippen LogP contribution >= 0.6 is 0 Å². The number of nitrogen functional groups attached to an aromatic ring is 1. The molecule has 0 bridgehead atoms. The Balaban J connectivity index is 1.34. The van der Waals surface area contributed by atoms with E-state index in [0.717, 1.165) is 5.69 Å². The van der Waals surface area contributed by atoms with Crippen molar-refractivity contribution in [1.82, 2.24) is 10.3 Å². The average molecular weight is 385 g/mol. The first-order valence-corrected chi connectivity index (χ1v) is 9.62. The van der Waals surface area contributed by atoms with Gasteiger partial charge in [-0.15, -0.1) is 0 Å². The third-order valence-electron chi connectivity index (χ3n) is 5.08. The van der Waals surface area contributed by atoms with Gasteiger partial charge in [-0.25, -0.2) is 4.79 Å². The van der Waals surface area contributed by atoms with Crippen LogP contribution in [0.15, 0.2) is 66.7 Å². The van der Waals surface area contributed by atoms with Crippen molar-refractivity contribution in [2.45, 2.75) is 12.8 Å². The molecule has 0 radical (unpaired) electrons. The van der Waals surface area contributed by atoms with Gasteiger partial charge in [0.15, 0.2) is 0 Å². The first-order valence-electron chi connectivity index (χ1n) is 9.62. The summed E-state index contributed by atoms with van der Waals surface area (Å²) in [6, 6.07) is 20.2. The van der Waals surface area contributed by atoms with Crippen molar-refractivity contribution in [3.05, 3.63) is 89.3 Å². The Morgan fingerprint density at radius 1 is 1.07 bits per heavy atom. The van der Waals surface area contributed by atoms with E-state index in [2.05, 4.69) is 34.6 Å². The molecule has 3 N–H and O–H groups in total. The highest BCUT2D eigenvalue weighted by molar-refractivity contribution is 5.79. The lowest BCUT2D eigenvalue weighted by Gasteiger charge is -2.14. The van der Waals surface area contributed by atoms with Gasteiger partial charge in [0, 0.05) is 18.2 Å². The molecule has 29 heavy (non-hydrogen) atoms. The number of nitrogens with zero attached hydrogens (tertiary/aromatic N) is 1. The number of nitrogens with two attached hydrogens (primary N) is 1. The fourth-order valence-electron chi connectivity index (χ4n) is 3.68. The fourth-order valence-corrected chi connectivity index (χ4v) is 3.68. The molecule has 1 aromatic heterocycles. The molecule has 5 nitrogen and oxygen atoms in total. The van der Waals surface area contributed by atoms with Gasteiger partial charge in [-0.3, -0.25) is 4.98 Å². The summed E-state index contributed by atoms with van der Waals surface area (Å²) in [6.07, 6.45) is 3.16. The molecular weight excluding hydrogens is 362 g/mol. The van der Waals surface area contributed by atoms with Crippen molar-refractivity contribution in [1.29, 1.82) is 0 Å². The lowest BCUT2D eigenvalue weighted by atomic mass is 9.98. The van der Waals surface area contributed by atoms with E-state index < -0.39 is 6.09 Å². The molecule has 5 heteroatoms. The molecule has 1 aliphatic carbocycles. The number of aryl methyl sites for hydroxylation is 1. The Bertz CT molecular complexity index is 1030. The second-order valence-electron chi connectivity index (χ2n) is 7.04. The van der Waals surface area contributed by atoms with Gasteiger partial charge >= 0.3 is 6.09 Å². The molecule has 1 aliphatic rings. The number of carbonyl (C=O) groups is 1. The van der Waals surface area contributed by atoms with Crippen LogP contribution in [-0.4, -0.2) is 24.2 Å². The van der Waals surface area contributed by atoms with Crippen molar-refractivity contribution in [3.63, 3.8) is 0 Å². The topological polar surface area (TPSA) is 77.2 Å². The number of hydrogen-bond acceptors (Lipinski definition) is 4. The van der Waals surface area contributed by atoms with Crippen LogP contribution in [-0.2, 0) is 4.74 Å². The lowest BCUT2D eigenvalue weighted by molar-refractivity contribution is 0.144. The number of nitrogens with one attached hydrogen (secondary N) is 1. The molecule has 0 saturated heterocycles. The second kappa shape index (κ2) is 8.19. The largest absolute Gasteiger partial charge is 0.449 e. The van der Waals surface area contributed by atoms with Gasteiger partial charge < -0.3 is 15.8 Å². The van der Waals surface area contributed by atoms with Crippen LogP contribution in [0.3, 0.4) is 0 Å². The van der Waals surface area contributed by atoms with E-state index in [9.17, 15) is 4.79 Å². The number of hydrogen-bond donors (Lipinski definition) is 2. The third kappa shape index (κ3) is 3.99. The maximum Gasteiger partial charge on any atom is 0.407 e. The Labute approximate surface area is 170 Å². The van der Waals surface area contributed by atoms with Gasteiger partial charge in [-0.05, 0) is 47.4 Å². The van der Waals surface area contributed by atoms with Crippen LogP contribution in [0.5, 0.6) is 0 Å². The summed E-state index contributed by atoms with van der Waals surface area (Å²) in [6.45, 7) is 2.55. The molecule has 0 atom stereocenters. The van der Waals surface area contributed by atoms with E-state index in [1.54, 1.807) is 12.2 Å². The minimum absolute atomic E-state index is 0.0555. The minimum Gasteiger partial charge on any atom is -0.449 e. The van der Waals surface area contributed by atoms with Gasteiger partial charge in [-0.2, -0.15) is 0 Å². The number of rotatable bonds is 5. The van der Waals surface area contributed by atoms with Crippen molar-refractivity contribution in [2.75, 3.05) is 18.9 Å². The molecule has 1 amide bonds. The van der Waals surface area contributed by atoms with E-state index in [4.69, 9.17) is 10.5 Å². The first kappa shape index (κ1) is 18.7. The molecule has 2 aromatic carbocycles. The predicted octanol–water partition coefficient (Wildman–Crippen LogP) is 4.52. The van der Waals surface area contributed by atoms with E-state index in [0.29, 0.717) is 24.5 Å². The smallest absolute Gasteiger partial charge is 0.407 e. The van der Waals surface area contributed by atoms with Crippen molar-refractivity contribution < 1.29 is 9.53 Å². The number of alkyl carbamates (subject to hydrolysis) is 1. The maximum absolute atomic E-state index is 12.1. The summed E-state index contributed by atoms with van der Waals surface area (Å²) >= 11 is 0. The van der Waals surface area contributed by atoms with Gasteiger partial charge in [0.2, 0.25) is 0 Å². The van der Waals surface area contributed by atoms with Gasteiger partial charge in [0.1, 0.15) is 6.61 Å². The van der Waals surface area contributed by atoms with E-state index in [-0.39, 0.29) is 5.92 Å². The normalized spacial score (nSPS) is 12.6. The van der Waals surface area contributed by atoms with Crippen LogP contribution in [0.25, 0.3) is 17.2 Å². The minimum atomic E-state index is -0.443. The molecule has 0 spiro atoms. The number of anilines is 1. The number of fused-ring (bicyclic) bond motifs is 3. The zero-order valence-electron chi connectivity index (χ0n) is 16.3. The molecule has 3 aromatic rings. The van der Waals surface area contributed by atoms with E-state index in [1.165, 1.54) is 22.3 Å². The number of carbonyl (C=O) groups excluding carboxylic acids is 1. The standard InChI is InChI=1S/C24H23N3O2/c1-16-12-13-22(25)23(27-16)11-6-14-26-24(28)29-15-21-19-9-4-2-7-17(19)18-8-3-5-10-20(18)21/h2-13,21H,14-15,25H2,1H3,(H,26,28). The molecule has 146 valence electrons. The summed E-state index contributed by atoms with van der Waals surface area (Å²) in [4.78, 5) is 16.5. The summed E-state index contributed by atoms with van der Waals surface area (Å²) in [5.74, 6) is 0.0555. The van der Waals surface area contributed by atoms with Gasteiger partial charge in [0.05, 0.1) is 11.4 Å². The Morgan fingerprint density at radius 3 is 2.41 bits per heavy atom. The molecule has 0 unspecified atom stereocenters. The molecule has 0 saturated carbocycles. The van der Waals surface area contributed by atoms with Crippen LogP contribution in [0.4, 0.5) is 10.5 Å². The number of aromatic nitrogens is 1. The van der Waals surface area contributed by atoms with Crippen LogP contribution in [0.2, 0.25) is 0 Å². The Morgan fingerprint density at radius 2 is 1.72 bits per heavy atom. The van der Waals surface area contributed by atoms with E-state index >= 15 is 0 Å². The summed E-state index contributed by atoms with van der Waals surface area (Å²) in [5, 5.41) is 2.74. The molecular formula is C24H23N3O2. The first-order chi connectivity index (χ1) is 14.1. The summed E-state index contributed by atoms with van der Waals surface area (Å²) in [5.41, 5.74) is 12.9. The van der Waals surface area contributed by atoms with Gasteiger partial charge in [0.25, 0.3) is 0 Å².